The van der Waals surface area contributed by atoms with Gasteiger partial charge in [-0.25, -0.2) is 18.4 Å². The summed E-state index contributed by atoms with van der Waals surface area (Å²) >= 11 is 4.87. The summed E-state index contributed by atoms with van der Waals surface area (Å²) in [5.74, 6) is 0. The molecule has 7 heteroatoms. The van der Waals surface area contributed by atoms with E-state index >= 15 is 0 Å². The molecule has 2 heterocycles. The van der Waals surface area contributed by atoms with E-state index in [2.05, 4.69) is 25.9 Å². The van der Waals surface area contributed by atoms with Crippen LogP contribution in [0.4, 0.5) is 0 Å². The Bertz CT molecular complexity index is 665. The highest BCUT2D eigenvalue weighted by atomic mass is 79.9. The molecule has 0 aliphatic carbocycles. The van der Waals surface area contributed by atoms with Crippen molar-refractivity contribution in [2.45, 2.75) is 12.1 Å². The molecule has 0 atom stereocenters. The van der Waals surface area contributed by atoms with Gasteiger partial charge in [-0.05, 0) is 40.5 Å². The first-order valence-electron chi connectivity index (χ1n) is 4.67. The lowest BCUT2D eigenvalue weighted by atomic mass is 10.2. The van der Waals surface area contributed by atoms with Gasteiger partial charge >= 0.3 is 0 Å². The van der Waals surface area contributed by atoms with E-state index in [0.717, 1.165) is 20.5 Å². The molecule has 0 aliphatic rings. The average Bonchev–Trinajstić information content (AvgIpc) is 2.63. The number of thiophene rings is 1. The fourth-order valence-electron chi connectivity index (χ4n) is 1.30. The first kappa shape index (κ1) is 12.7. The monoisotopic (exact) mass is 332 g/mol. The lowest BCUT2D eigenvalue weighted by molar-refractivity contribution is 0.593. The van der Waals surface area contributed by atoms with E-state index in [4.69, 9.17) is 0 Å². The topological polar surface area (TPSA) is 59.9 Å². The Morgan fingerprint density at radius 3 is 2.59 bits per heavy atom. The van der Waals surface area contributed by atoms with Gasteiger partial charge in [0.25, 0.3) is 0 Å². The molecule has 0 aliphatic heterocycles. The van der Waals surface area contributed by atoms with Crippen LogP contribution in [-0.2, 0) is 9.84 Å². The second kappa shape index (κ2) is 4.47. The summed E-state index contributed by atoms with van der Waals surface area (Å²) in [5.41, 5.74) is 1.52. The van der Waals surface area contributed by atoms with Crippen LogP contribution in [0.1, 0.15) is 5.56 Å². The van der Waals surface area contributed by atoms with Gasteiger partial charge in [0, 0.05) is 12.5 Å². The molecular formula is C10H9BrN2O2S2. The van der Waals surface area contributed by atoms with Gasteiger partial charge in [-0.1, -0.05) is 0 Å². The first-order valence-corrected chi connectivity index (χ1v) is 8.17. The minimum Gasteiger partial charge on any atom is -0.227 e. The van der Waals surface area contributed by atoms with E-state index in [1.54, 1.807) is 0 Å². The SMILES string of the molecule is Cc1cnc(S(C)(=O)=O)nc1-c1ccc(Br)s1. The van der Waals surface area contributed by atoms with Crippen molar-refractivity contribution >= 4 is 37.1 Å². The van der Waals surface area contributed by atoms with Crippen molar-refractivity contribution in [1.82, 2.24) is 9.97 Å². The maximum Gasteiger partial charge on any atom is 0.247 e. The van der Waals surface area contributed by atoms with Crippen LogP contribution < -0.4 is 0 Å². The molecule has 2 rings (SSSR count). The highest BCUT2D eigenvalue weighted by Gasteiger charge is 2.15. The van der Waals surface area contributed by atoms with Crippen molar-refractivity contribution in [2.75, 3.05) is 6.26 Å². The minimum absolute atomic E-state index is 0.136. The number of nitrogens with zero attached hydrogens (tertiary/aromatic N) is 2. The van der Waals surface area contributed by atoms with E-state index in [1.807, 2.05) is 19.1 Å². The van der Waals surface area contributed by atoms with Gasteiger partial charge in [0.05, 0.1) is 14.4 Å². The summed E-state index contributed by atoms with van der Waals surface area (Å²) in [5, 5.41) is -0.136. The summed E-state index contributed by atoms with van der Waals surface area (Å²) < 4.78 is 23.8. The van der Waals surface area contributed by atoms with Crippen molar-refractivity contribution in [3.05, 3.63) is 27.7 Å². The molecule has 4 nitrogen and oxygen atoms in total. The van der Waals surface area contributed by atoms with Crippen LogP contribution in [0, 0.1) is 6.92 Å². The van der Waals surface area contributed by atoms with Crippen LogP contribution in [0.25, 0.3) is 10.6 Å². The number of aromatic nitrogens is 2. The van der Waals surface area contributed by atoms with E-state index in [0.29, 0.717) is 5.69 Å². The zero-order chi connectivity index (χ0) is 12.6. The largest absolute Gasteiger partial charge is 0.247 e. The highest BCUT2D eigenvalue weighted by Crippen LogP contribution is 2.31. The van der Waals surface area contributed by atoms with E-state index in [1.165, 1.54) is 17.5 Å². The third-order valence-electron chi connectivity index (χ3n) is 2.09. The van der Waals surface area contributed by atoms with Gasteiger partial charge in [-0.3, -0.25) is 0 Å². The fraction of sp³-hybridized carbons (Fsp3) is 0.200. The van der Waals surface area contributed by atoms with Gasteiger partial charge in [-0.15, -0.1) is 11.3 Å². The molecule has 90 valence electrons. The van der Waals surface area contributed by atoms with Crippen molar-refractivity contribution < 1.29 is 8.42 Å². The predicted octanol–water partition coefficient (Wildman–Crippen LogP) is 2.68. The van der Waals surface area contributed by atoms with Gasteiger partial charge in [0.1, 0.15) is 0 Å². The smallest absolute Gasteiger partial charge is 0.227 e. The number of hydrogen-bond acceptors (Lipinski definition) is 5. The maximum atomic E-state index is 11.4. The molecule has 0 amide bonds. The van der Waals surface area contributed by atoms with Crippen LogP contribution in [-0.4, -0.2) is 24.6 Å². The zero-order valence-electron chi connectivity index (χ0n) is 9.14. The van der Waals surface area contributed by atoms with E-state index < -0.39 is 9.84 Å². The predicted molar refractivity (Wildman–Crippen MR) is 70.9 cm³/mol. The molecular weight excluding hydrogens is 324 g/mol. The Labute approximate surface area is 112 Å². The molecule has 0 unspecified atom stereocenters. The Morgan fingerprint density at radius 1 is 1.35 bits per heavy atom. The second-order valence-electron chi connectivity index (χ2n) is 3.56. The first-order chi connectivity index (χ1) is 7.88. The van der Waals surface area contributed by atoms with Crippen LogP contribution in [0.2, 0.25) is 0 Å². The van der Waals surface area contributed by atoms with Crippen molar-refractivity contribution in [1.29, 1.82) is 0 Å². The van der Waals surface area contributed by atoms with Crippen LogP contribution in [0.3, 0.4) is 0 Å². The number of aryl methyl sites for hydroxylation is 1. The molecule has 0 aromatic carbocycles. The quantitative estimate of drug-likeness (QED) is 0.793. The third kappa shape index (κ3) is 2.72. The van der Waals surface area contributed by atoms with E-state index in [-0.39, 0.29) is 5.16 Å². The Balaban J connectivity index is 2.62. The number of halogens is 1. The van der Waals surface area contributed by atoms with Gasteiger partial charge in [0.15, 0.2) is 0 Å². The lowest BCUT2D eigenvalue weighted by Gasteiger charge is -2.03. The molecule has 0 spiro atoms. The molecule has 17 heavy (non-hydrogen) atoms. The fourth-order valence-corrected chi connectivity index (χ4v) is 3.24. The Hall–Kier alpha value is -0.790. The summed E-state index contributed by atoms with van der Waals surface area (Å²) in [7, 11) is -3.37. The third-order valence-corrected chi connectivity index (χ3v) is 4.58. The number of rotatable bonds is 2. The normalized spacial score (nSPS) is 11.7. The molecule has 0 saturated carbocycles. The summed E-state index contributed by atoms with van der Waals surface area (Å²) in [6.07, 6.45) is 2.64. The van der Waals surface area contributed by atoms with Crippen LogP contribution in [0.15, 0.2) is 27.3 Å². The average molecular weight is 333 g/mol. The summed E-state index contributed by atoms with van der Waals surface area (Å²) in [4.78, 5) is 8.87. The van der Waals surface area contributed by atoms with Gasteiger partial charge in [-0.2, -0.15) is 0 Å². The van der Waals surface area contributed by atoms with Gasteiger partial charge < -0.3 is 0 Å². The molecule has 0 saturated heterocycles. The Kier molecular flexibility index (Phi) is 3.33. The Morgan fingerprint density at radius 2 is 2.06 bits per heavy atom. The molecule has 2 aromatic heterocycles. The highest BCUT2D eigenvalue weighted by molar-refractivity contribution is 9.11. The molecule has 0 N–H and O–H groups in total. The van der Waals surface area contributed by atoms with E-state index in [9.17, 15) is 8.42 Å². The maximum absolute atomic E-state index is 11.4. The summed E-state index contributed by atoms with van der Waals surface area (Å²) in [6, 6.07) is 3.80. The zero-order valence-corrected chi connectivity index (χ0v) is 12.4. The number of sulfone groups is 1. The number of hydrogen-bond donors (Lipinski definition) is 0. The molecule has 2 aromatic rings. The van der Waals surface area contributed by atoms with Gasteiger partial charge in [0.2, 0.25) is 15.0 Å². The standard InChI is InChI=1S/C10H9BrN2O2S2/c1-6-5-12-10(17(2,14)15)13-9(6)7-3-4-8(11)16-7/h3-5H,1-2H3. The molecule has 0 radical (unpaired) electrons. The minimum atomic E-state index is -3.37. The molecule has 0 fully saturated rings. The molecule has 0 bridgehead atoms. The summed E-state index contributed by atoms with van der Waals surface area (Å²) in [6.45, 7) is 1.86. The van der Waals surface area contributed by atoms with Crippen molar-refractivity contribution in [3.63, 3.8) is 0 Å². The van der Waals surface area contributed by atoms with Crippen LogP contribution >= 0.6 is 27.3 Å². The second-order valence-corrected chi connectivity index (χ2v) is 7.93. The van der Waals surface area contributed by atoms with Crippen molar-refractivity contribution in [2.24, 2.45) is 0 Å². The lowest BCUT2D eigenvalue weighted by Crippen LogP contribution is -2.05. The van der Waals surface area contributed by atoms with Crippen molar-refractivity contribution in [3.8, 4) is 10.6 Å². The van der Waals surface area contributed by atoms with Crippen LogP contribution in [0.5, 0.6) is 0 Å².